The molecule has 0 radical (unpaired) electrons. The molecule has 1 saturated heterocycles. The fraction of sp³-hybridized carbons (Fsp3) is 0.300. The Hall–Kier alpha value is -2.41. The molecule has 1 fully saturated rings. The van der Waals surface area contributed by atoms with Gasteiger partial charge in [-0.15, -0.1) is 11.6 Å². The molecule has 2 heterocycles. The number of carbonyl (C=O) groups excluding carboxylic acids is 1. The highest BCUT2D eigenvalue weighted by Gasteiger charge is 2.34. The summed E-state index contributed by atoms with van der Waals surface area (Å²) >= 11 is 6.58. The van der Waals surface area contributed by atoms with Crippen molar-refractivity contribution in [2.75, 3.05) is 20.1 Å². The van der Waals surface area contributed by atoms with Gasteiger partial charge in [0.15, 0.2) is 0 Å². The van der Waals surface area contributed by atoms with E-state index in [4.69, 9.17) is 11.6 Å². The first kappa shape index (κ1) is 18.0. The second-order valence-electron chi connectivity index (χ2n) is 6.74. The van der Waals surface area contributed by atoms with Crippen LogP contribution in [0.5, 0.6) is 0 Å². The number of amides is 1. The molecule has 1 aliphatic heterocycles. The summed E-state index contributed by atoms with van der Waals surface area (Å²) in [6.07, 6.45) is 2.39. The van der Waals surface area contributed by atoms with E-state index in [0.29, 0.717) is 5.56 Å². The molecule has 27 heavy (non-hydrogen) atoms. The number of halogens is 1. The summed E-state index contributed by atoms with van der Waals surface area (Å²) in [5, 5.41) is 7.07. The molecule has 0 bridgehead atoms. The average Bonchev–Trinajstić information content (AvgIpc) is 3.17. The van der Waals surface area contributed by atoms with E-state index in [0.717, 1.165) is 30.5 Å². The number of aromatic nitrogens is 2. The molecule has 0 aliphatic carbocycles. The number of carbonyl (C=O) groups is 1. The van der Waals surface area contributed by atoms with E-state index in [2.05, 4.69) is 32.4 Å². The van der Waals surface area contributed by atoms with Crippen LogP contribution in [0.1, 0.15) is 15.9 Å². The topological polar surface area (TPSA) is 64.3 Å². The molecule has 4 rings (SSSR count). The molecular formula is C20H22ClN5O. The van der Waals surface area contributed by atoms with Gasteiger partial charge in [-0.2, -0.15) is 0 Å². The molecule has 3 aromatic rings. The lowest BCUT2D eigenvalue weighted by Crippen LogP contribution is -2.62. The first-order valence-electron chi connectivity index (χ1n) is 9.02. The first-order valence-corrected chi connectivity index (χ1v) is 9.46. The molecule has 0 spiro atoms. The fourth-order valence-corrected chi connectivity index (χ4v) is 3.91. The van der Waals surface area contributed by atoms with E-state index in [1.54, 1.807) is 11.3 Å². The number of hydrogen-bond donors (Lipinski definition) is 2. The van der Waals surface area contributed by atoms with Crippen molar-refractivity contribution in [2.45, 2.75) is 18.0 Å². The maximum atomic E-state index is 13.1. The molecule has 6 nitrogen and oxygen atoms in total. The van der Waals surface area contributed by atoms with Crippen LogP contribution < -0.4 is 5.32 Å². The summed E-state index contributed by atoms with van der Waals surface area (Å²) < 4.78 is 0. The van der Waals surface area contributed by atoms with Crippen LogP contribution in [0, 0.1) is 0 Å². The van der Waals surface area contributed by atoms with Crippen molar-refractivity contribution in [1.29, 1.82) is 0 Å². The van der Waals surface area contributed by atoms with Crippen molar-refractivity contribution in [3.8, 4) is 0 Å². The van der Waals surface area contributed by atoms with Crippen LogP contribution in [0.3, 0.4) is 0 Å². The quantitative estimate of drug-likeness (QED) is 0.537. The summed E-state index contributed by atoms with van der Waals surface area (Å²) in [6.45, 7) is 1.45. The van der Waals surface area contributed by atoms with Crippen molar-refractivity contribution < 1.29 is 4.79 Å². The molecule has 1 aromatic heterocycles. The van der Waals surface area contributed by atoms with Crippen LogP contribution in [0.4, 0.5) is 0 Å². The van der Waals surface area contributed by atoms with Gasteiger partial charge in [0.25, 0.3) is 5.91 Å². The molecule has 0 saturated carbocycles. The Morgan fingerprint density at radius 2 is 2.11 bits per heavy atom. The number of piperazine rings is 1. The number of benzene rings is 2. The van der Waals surface area contributed by atoms with Crippen molar-refractivity contribution in [1.82, 2.24) is 25.3 Å². The SMILES string of the molecule is CN(C(=O)c1ccc2nc[nH]c2c1)N1CCNC(Cl)C1Cc1ccccc1. The molecule has 2 atom stereocenters. The lowest BCUT2D eigenvalue weighted by molar-refractivity contribution is -0.0377. The van der Waals surface area contributed by atoms with E-state index in [9.17, 15) is 4.79 Å². The van der Waals surface area contributed by atoms with Crippen LogP contribution in [-0.4, -0.2) is 57.6 Å². The Bertz CT molecular complexity index is 928. The second kappa shape index (κ2) is 7.68. The van der Waals surface area contributed by atoms with E-state index in [-0.39, 0.29) is 17.5 Å². The van der Waals surface area contributed by atoms with Crippen LogP contribution >= 0.6 is 11.6 Å². The number of nitrogens with zero attached hydrogens (tertiary/aromatic N) is 3. The minimum atomic E-state index is -0.232. The molecular weight excluding hydrogens is 362 g/mol. The maximum Gasteiger partial charge on any atom is 0.267 e. The van der Waals surface area contributed by atoms with Crippen molar-refractivity contribution in [3.63, 3.8) is 0 Å². The predicted octanol–water partition coefficient (Wildman–Crippen LogP) is 2.63. The summed E-state index contributed by atoms with van der Waals surface area (Å²) in [5.74, 6) is -0.0599. The van der Waals surface area contributed by atoms with E-state index in [1.165, 1.54) is 5.56 Å². The number of hydrogen-bond acceptors (Lipinski definition) is 4. The number of imidazole rings is 1. The molecule has 1 aliphatic rings. The Kier molecular flexibility index (Phi) is 5.11. The number of fused-ring (bicyclic) bond motifs is 1. The molecule has 2 aromatic carbocycles. The average molecular weight is 384 g/mol. The van der Waals surface area contributed by atoms with Gasteiger partial charge in [-0.1, -0.05) is 30.3 Å². The Balaban J connectivity index is 1.57. The molecule has 7 heteroatoms. The van der Waals surface area contributed by atoms with Gasteiger partial charge in [-0.25, -0.2) is 9.99 Å². The lowest BCUT2D eigenvalue weighted by atomic mass is 10.0. The van der Waals surface area contributed by atoms with Gasteiger partial charge in [0.2, 0.25) is 0 Å². The van der Waals surface area contributed by atoms with Crippen molar-refractivity contribution in [2.24, 2.45) is 0 Å². The number of aromatic amines is 1. The zero-order valence-corrected chi connectivity index (χ0v) is 15.9. The van der Waals surface area contributed by atoms with Gasteiger partial charge in [0, 0.05) is 25.7 Å². The van der Waals surface area contributed by atoms with Gasteiger partial charge in [-0.05, 0) is 30.2 Å². The largest absolute Gasteiger partial charge is 0.345 e. The van der Waals surface area contributed by atoms with E-state index >= 15 is 0 Å². The first-order chi connectivity index (χ1) is 13.1. The smallest absolute Gasteiger partial charge is 0.267 e. The number of H-pyrrole nitrogens is 1. The van der Waals surface area contributed by atoms with Crippen molar-refractivity contribution in [3.05, 3.63) is 66.0 Å². The lowest BCUT2D eigenvalue weighted by Gasteiger charge is -2.44. The fourth-order valence-electron chi connectivity index (χ4n) is 3.58. The van der Waals surface area contributed by atoms with Crippen molar-refractivity contribution >= 4 is 28.5 Å². The third-order valence-corrected chi connectivity index (χ3v) is 5.48. The number of rotatable bonds is 4. The van der Waals surface area contributed by atoms with Crippen LogP contribution in [0.25, 0.3) is 11.0 Å². The van der Waals surface area contributed by atoms with Crippen LogP contribution in [-0.2, 0) is 6.42 Å². The van der Waals surface area contributed by atoms with Gasteiger partial charge in [0.05, 0.1) is 23.4 Å². The normalized spacial score (nSPS) is 20.7. The summed E-state index contributed by atoms with van der Waals surface area (Å²) in [4.78, 5) is 20.4. The Morgan fingerprint density at radius 1 is 1.30 bits per heavy atom. The third-order valence-electron chi connectivity index (χ3n) is 5.03. The summed E-state index contributed by atoms with van der Waals surface area (Å²) in [5.41, 5.74) is 3.29. The molecule has 140 valence electrons. The third kappa shape index (κ3) is 3.69. The Labute approximate surface area is 163 Å². The highest BCUT2D eigenvalue weighted by molar-refractivity contribution is 6.20. The highest BCUT2D eigenvalue weighted by Crippen LogP contribution is 2.21. The monoisotopic (exact) mass is 383 g/mol. The van der Waals surface area contributed by atoms with Gasteiger partial charge < -0.3 is 4.98 Å². The molecule has 1 amide bonds. The zero-order chi connectivity index (χ0) is 18.8. The van der Waals surface area contributed by atoms with Crippen LogP contribution in [0.2, 0.25) is 0 Å². The Morgan fingerprint density at radius 3 is 2.93 bits per heavy atom. The maximum absolute atomic E-state index is 13.1. The summed E-state index contributed by atoms with van der Waals surface area (Å²) in [6, 6.07) is 15.7. The number of nitrogens with one attached hydrogen (secondary N) is 2. The summed E-state index contributed by atoms with van der Waals surface area (Å²) in [7, 11) is 1.81. The van der Waals surface area contributed by atoms with Crippen LogP contribution in [0.15, 0.2) is 54.9 Å². The minimum absolute atomic E-state index is 0.0207. The van der Waals surface area contributed by atoms with Gasteiger partial charge >= 0.3 is 0 Å². The minimum Gasteiger partial charge on any atom is -0.345 e. The van der Waals surface area contributed by atoms with Gasteiger partial charge in [0.1, 0.15) is 5.50 Å². The number of hydrazine groups is 1. The van der Waals surface area contributed by atoms with E-state index < -0.39 is 0 Å². The zero-order valence-electron chi connectivity index (χ0n) is 15.1. The van der Waals surface area contributed by atoms with Gasteiger partial charge in [-0.3, -0.25) is 15.1 Å². The highest BCUT2D eigenvalue weighted by atomic mass is 35.5. The molecule has 2 unspecified atom stereocenters. The van der Waals surface area contributed by atoms with E-state index in [1.807, 2.05) is 43.4 Å². The molecule has 2 N–H and O–H groups in total. The predicted molar refractivity (Wildman–Crippen MR) is 106 cm³/mol. The number of alkyl halides is 1. The second-order valence-corrected chi connectivity index (χ2v) is 7.21. The standard InChI is InChI=1S/C20H22ClN5O/c1-25(20(27)15-7-8-16-17(12-15)24-13-23-16)26-10-9-22-19(21)18(26)11-14-5-3-2-4-6-14/h2-8,12-13,18-19,22H,9-11H2,1H3,(H,23,24).